The number of pyridine rings is 1. The summed E-state index contributed by atoms with van der Waals surface area (Å²) in [5, 5.41) is 13.9. The summed E-state index contributed by atoms with van der Waals surface area (Å²) in [5.41, 5.74) is 0.444. The van der Waals surface area contributed by atoms with E-state index in [1.165, 1.54) is 6.20 Å². The number of nitrogens with one attached hydrogen (secondary N) is 1. The highest BCUT2D eigenvalue weighted by Gasteiger charge is 2.15. The number of hydrogen-bond acceptors (Lipinski definition) is 5. The molecule has 0 amide bonds. The maximum Gasteiger partial charge on any atom is 0.386 e. The molecule has 2 heterocycles. The lowest BCUT2D eigenvalue weighted by molar-refractivity contribution is -0.388. The van der Waals surface area contributed by atoms with Crippen molar-refractivity contribution in [2.45, 2.75) is 25.8 Å². The Balaban J connectivity index is 1.95. The van der Waals surface area contributed by atoms with Crippen LogP contribution in [-0.4, -0.2) is 15.9 Å². The zero-order valence-electron chi connectivity index (χ0n) is 10.6. The summed E-state index contributed by atoms with van der Waals surface area (Å²) in [7, 11) is 0. The fourth-order valence-corrected chi connectivity index (χ4v) is 1.81. The van der Waals surface area contributed by atoms with Crippen molar-refractivity contribution in [3.05, 3.63) is 52.6 Å². The Kier molecular flexibility index (Phi) is 4.12. The van der Waals surface area contributed by atoms with E-state index in [2.05, 4.69) is 10.3 Å². The summed E-state index contributed by atoms with van der Waals surface area (Å²) < 4.78 is 5.25. The van der Waals surface area contributed by atoms with E-state index >= 15 is 0 Å². The molecule has 0 saturated heterocycles. The summed E-state index contributed by atoms with van der Waals surface area (Å²) >= 11 is 0. The van der Waals surface area contributed by atoms with Gasteiger partial charge in [0.25, 0.3) is 0 Å². The van der Waals surface area contributed by atoms with Crippen molar-refractivity contribution in [3.63, 3.8) is 0 Å². The Bertz CT molecular complexity index is 540. The molecular formula is C13H15N3O3. The number of furan rings is 1. The van der Waals surface area contributed by atoms with Gasteiger partial charge in [0.1, 0.15) is 17.6 Å². The molecule has 2 rings (SSSR count). The molecular weight excluding hydrogens is 246 g/mol. The van der Waals surface area contributed by atoms with Crippen LogP contribution in [0.5, 0.6) is 0 Å². The lowest BCUT2D eigenvalue weighted by atomic mass is 10.1. The molecule has 1 atom stereocenters. The van der Waals surface area contributed by atoms with Gasteiger partial charge in [0, 0.05) is 12.5 Å². The van der Waals surface area contributed by atoms with Gasteiger partial charge in [-0.05, 0) is 47.5 Å². The second-order valence-electron chi connectivity index (χ2n) is 4.30. The van der Waals surface area contributed by atoms with Crippen LogP contribution in [0.15, 0.2) is 41.1 Å². The molecule has 1 N–H and O–H groups in total. The van der Waals surface area contributed by atoms with E-state index in [-0.39, 0.29) is 11.9 Å². The van der Waals surface area contributed by atoms with E-state index in [0.29, 0.717) is 5.69 Å². The number of anilines is 1. The molecule has 0 aliphatic carbocycles. The first-order chi connectivity index (χ1) is 9.16. The highest BCUT2D eigenvalue weighted by atomic mass is 16.6. The summed E-state index contributed by atoms with van der Waals surface area (Å²) in [6.45, 7) is 1.97. The molecule has 0 aromatic carbocycles. The molecule has 6 nitrogen and oxygen atoms in total. The van der Waals surface area contributed by atoms with Crippen molar-refractivity contribution in [3.8, 4) is 0 Å². The first-order valence-corrected chi connectivity index (χ1v) is 6.05. The summed E-state index contributed by atoms with van der Waals surface area (Å²) in [4.78, 5) is 14.1. The van der Waals surface area contributed by atoms with Gasteiger partial charge < -0.3 is 19.8 Å². The Labute approximate surface area is 110 Å². The number of nitro groups is 1. The van der Waals surface area contributed by atoms with Crippen LogP contribution in [0.1, 0.15) is 19.1 Å². The maximum absolute atomic E-state index is 10.8. The summed E-state index contributed by atoms with van der Waals surface area (Å²) in [5.74, 6) is 0.765. The van der Waals surface area contributed by atoms with Crippen LogP contribution in [-0.2, 0) is 6.42 Å². The standard InChI is InChI=1S/C13H15N3O3/c1-10(6-7-11-4-3-9-19-11)15-12-5-2-8-14-13(12)16(17)18/h2-5,8-10,15H,6-7H2,1H3. The Morgan fingerprint density at radius 3 is 3.00 bits per heavy atom. The third-order valence-electron chi connectivity index (χ3n) is 2.77. The normalized spacial score (nSPS) is 12.1. The van der Waals surface area contributed by atoms with Gasteiger partial charge in [0.15, 0.2) is 0 Å². The van der Waals surface area contributed by atoms with Gasteiger partial charge >= 0.3 is 5.82 Å². The average Bonchev–Trinajstić information content (AvgIpc) is 2.90. The fourth-order valence-electron chi connectivity index (χ4n) is 1.81. The largest absolute Gasteiger partial charge is 0.469 e. The van der Waals surface area contributed by atoms with Crippen molar-refractivity contribution in [2.75, 3.05) is 5.32 Å². The fraction of sp³-hybridized carbons (Fsp3) is 0.308. The van der Waals surface area contributed by atoms with Gasteiger partial charge in [0.05, 0.1) is 6.26 Å². The second kappa shape index (κ2) is 5.99. The Morgan fingerprint density at radius 2 is 2.32 bits per heavy atom. The molecule has 0 fully saturated rings. The lowest BCUT2D eigenvalue weighted by Crippen LogP contribution is -2.17. The van der Waals surface area contributed by atoms with Gasteiger partial charge in [0.2, 0.25) is 0 Å². The van der Waals surface area contributed by atoms with Crippen LogP contribution in [0.4, 0.5) is 11.5 Å². The van der Waals surface area contributed by atoms with E-state index in [9.17, 15) is 10.1 Å². The quantitative estimate of drug-likeness (QED) is 0.638. The van der Waals surface area contributed by atoms with Crippen molar-refractivity contribution in [2.24, 2.45) is 0 Å². The first-order valence-electron chi connectivity index (χ1n) is 6.05. The van der Waals surface area contributed by atoms with Crippen LogP contribution >= 0.6 is 0 Å². The monoisotopic (exact) mass is 261 g/mol. The third-order valence-corrected chi connectivity index (χ3v) is 2.77. The number of rotatable bonds is 6. The topological polar surface area (TPSA) is 81.2 Å². The van der Waals surface area contributed by atoms with Gasteiger partial charge in [-0.1, -0.05) is 0 Å². The minimum Gasteiger partial charge on any atom is -0.469 e. The molecule has 0 radical (unpaired) electrons. The Morgan fingerprint density at radius 1 is 1.47 bits per heavy atom. The Hall–Kier alpha value is -2.37. The van der Waals surface area contributed by atoms with E-state index in [0.717, 1.165) is 18.6 Å². The molecule has 0 aliphatic heterocycles. The summed E-state index contributed by atoms with van der Waals surface area (Å²) in [6.07, 6.45) is 4.66. The highest BCUT2D eigenvalue weighted by molar-refractivity contribution is 5.57. The smallest absolute Gasteiger partial charge is 0.386 e. The number of nitrogens with zero attached hydrogens (tertiary/aromatic N) is 2. The van der Waals surface area contributed by atoms with Crippen LogP contribution in [0.2, 0.25) is 0 Å². The molecule has 19 heavy (non-hydrogen) atoms. The molecule has 0 aliphatic rings. The lowest BCUT2D eigenvalue weighted by Gasteiger charge is -2.14. The number of hydrogen-bond donors (Lipinski definition) is 1. The number of aromatic nitrogens is 1. The SMILES string of the molecule is CC(CCc1ccco1)Nc1cccnc1[N+](=O)[O-]. The van der Waals surface area contributed by atoms with Crippen LogP contribution in [0, 0.1) is 10.1 Å². The highest BCUT2D eigenvalue weighted by Crippen LogP contribution is 2.21. The predicted molar refractivity (Wildman–Crippen MR) is 71.0 cm³/mol. The molecule has 6 heteroatoms. The van der Waals surface area contributed by atoms with E-state index < -0.39 is 4.92 Å². The van der Waals surface area contributed by atoms with Crippen LogP contribution in [0.3, 0.4) is 0 Å². The van der Waals surface area contributed by atoms with Gasteiger partial charge in [-0.15, -0.1) is 0 Å². The van der Waals surface area contributed by atoms with Crippen LogP contribution in [0.25, 0.3) is 0 Å². The van der Waals surface area contributed by atoms with Gasteiger partial charge in [-0.3, -0.25) is 0 Å². The van der Waals surface area contributed by atoms with E-state index in [1.807, 2.05) is 19.1 Å². The zero-order chi connectivity index (χ0) is 13.7. The zero-order valence-corrected chi connectivity index (χ0v) is 10.6. The minimum atomic E-state index is -0.485. The summed E-state index contributed by atoms with van der Waals surface area (Å²) in [6, 6.07) is 7.19. The molecule has 2 aromatic heterocycles. The van der Waals surface area contributed by atoms with Crippen molar-refractivity contribution >= 4 is 11.5 Å². The van der Waals surface area contributed by atoms with E-state index in [4.69, 9.17) is 4.42 Å². The first kappa shape index (κ1) is 13.1. The average molecular weight is 261 g/mol. The second-order valence-corrected chi connectivity index (χ2v) is 4.30. The van der Waals surface area contributed by atoms with Crippen molar-refractivity contribution in [1.82, 2.24) is 4.98 Å². The molecule has 0 saturated carbocycles. The van der Waals surface area contributed by atoms with Crippen LogP contribution < -0.4 is 5.32 Å². The molecule has 0 bridgehead atoms. The predicted octanol–water partition coefficient (Wildman–Crippen LogP) is 3.02. The van der Waals surface area contributed by atoms with Gasteiger partial charge in [-0.2, -0.15) is 0 Å². The molecule has 1 unspecified atom stereocenters. The molecule has 2 aromatic rings. The minimum absolute atomic E-state index is 0.0907. The van der Waals surface area contributed by atoms with E-state index in [1.54, 1.807) is 18.4 Å². The third kappa shape index (κ3) is 3.54. The maximum atomic E-state index is 10.8. The number of aryl methyl sites for hydroxylation is 1. The van der Waals surface area contributed by atoms with Crippen molar-refractivity contribution < 1.29 is 9.34 Å². The molecule has 100 valence electrons. The van der Waals surface area contributed by atoms with Crippen molar-refractivity contribution in [1.29, 1.82) is 0 Å². The molecule has 0 spiro atoms. The van der Waals surface area contributed by atoms with Gasteiger partial charge in [-0.25, -0.2) is 0 Å².